The minimum atomic E-state index is -1.11. The summed E-state index contributed by atoms with van der Waals surface area (Å²) in [6.45, 7) is 5.60. The molecule has 22 heavy (non-hydrogen) atoms. The second-order valence-corrected chi connectivity index (χ2v) is 5.20. The number of carbonyl (C=O) groups is 2. The van der Waals surface area contributed by atoms with Crippen molar-refractivity contribution in [2.75, 3.05) is 13.7 Å². The lowest BCUT2D eigenvalue weighted by Gasteiger charge is -2.21. The van der Waals surface area contributed by atoms with E-state index in [0.29, 0.717) is 6.42 Å². The molecule has 0 amide bonds. The first-order chi connectivity index (χ1) is 10.3. The molecule has 0 N–H and O–H groups in total. The van der Waals surface area contributed by atoms with E-state index in [1.54, 1.807) is 25.3 Å². The first-order valence-electron chi connectivity index (χ1n) is 6.68. The normalized spacial score (nSPS) is 10.9. The maximum absolute atomic E-state index is 11.6. The number of rotatable bonds is 7. The third-order valence-electron chi connectivity index (χ3n) is 2.94. The van der Waals surface area contributed by atoms with E-state index in [-0.39, 0.29) is 12.2 Å². The molecule has 7 nitrogen and oxygen atoms in total. The number of benzene rings is 1. The average molecular weight is 312 g/mol. The summed E-state index contributed by atoms with van der Waals surface area (Å²) >= 11 is 0. The number of aryl methyl sites for hydroxylation is 1. The Bertz CT molecular complexity index is 510. The van der Waals surface area contributed by atoms with Crippen molar-refractivity contribution in [3.8, 4) is 0 Å². The summed E-state index contributed by atoms with van der Waals surface area (Å²) < 4.78 is 9.89. The van der Waals surface area contributed by atoms with Crippen LogP contribution in [0.4, 0.5) is 4.79 Å². The van der Waals surface area contributed by atoms with Gasteiger partial charge in [0.25, 0.3) is 0 Å². The highest BCUT2D eigenvalue weighted by Gasteiger charge is 2.18. The molecular weight excluding hydrogens is 292 g/mol. The molecule has 0 radical (unpaired) electrons. The molecule has 0 aliphatic heterocycles. The molecular formula is C15H20O7. The Morgan fingerprint density at radius 1 is 1.18 bits per heavy atom. The molecule has 7 heteroatoms. The first-order valence-corrected chi connectivity index (χ1v) is 6.68. The van der Waals surface area contributed by atoms with Gasteiger partial charge in [0.05, 0.1) is 22.8 Å². The fourth-order valence-corrected chi connectivity index (χ4v) is 1.40. The van der Waals surface area contributed by atoms with Crippen LogP contribution in [0.5, 0.6) is 0 Å². The Labute approximate surface area is 128 Å². The van der Waals surface area contributed by atoms with E-state index >= 15 is 0 Å². The molecule has 1 aromatic carbocycles. The average Bonchev–Trinajstić information content (AvgIpc) is 2.47. The predicted molar refractivity (Wildman–Crippen MR) is 75.8 cm³/mol. The van der Waals surface area contributed by atoms with Crippen LogP contribution in [-0.2, 0) is 24.3 Å². The molecule has 0 aromatic heterocycles. The molecule has 0 saturated carbocycles. The van der Waals surface area contributed by atoms with Crippen LogP contribution in [0.25, 0.3) is 0 Å². The second kappa shape index (κ2) is 8.35. The molecule has 122 valence electrons. The molecule has 0 saturated heterocycles. The summed E-state index contributed by atoms with van der Waals surface area (Å²) in [6.07, 6.45) is -0.634. The van der Waals surface area contributed by atoms with Crippen LogP contribution in [0.1, 0.15) is 36.2 Å². The molecule has 0 unspecified atom stereocenters. The molecule has 0 heterocycles. The van der Waals surface area contributed by atoms with Gasteiger partial charge in [-0.1, -0.05) is 17.7 Å². The topological polar surface area (TPSA) is 80.3 Å². The van der Waals surface area contributed by atoms with Crippen molar-refractivity contribution in [1.82, 2.24) is 0 Å². The number of hydrogen-bond acceptors (Lipinski definition) is 7. The van der Waals surface area contributed by atoms with Crippen molar-refractivity contribution in [2.45, 2.75) is 32.8 Å². The summed E-state index contributed by atoms with van der Waals surface area (Å²) in [5.74, 6) is -0.781. The Balaban J connectivity index is 2.24. The second-order valence-electron chi connectivity index (χ2n) is 5.20. The van der Waals surface area contributed by atoms with Crippen LogP contribution >= 0.6 is 0 Å². The lowest BCUT2D eigenvalue weighted by molar-refractivity contribution is -0.452. The largest absolute Gasteiger partial charge is 0.543 e. The van der Waals surface area contributed by atoms with Gasteiger partial charge in [0.1, 0.15) is 0 Å². The number of ether oxygens (including phenoxy) is 2. The number of methoxy groups -OCH3 is 1. The lowest BCUT2D eigenvalue weighted by atomic mass is 10.1. The Kier molecular flexibility index (Phi) is 6.81. The summed E-state index contributed by atoms with van der Waals surface area (Å²) in [5, 5.41) is 4.11. The fraction of sp³-hybridized carbons (Fsp3) is 0.467. The zero-order chi connectivity index (χ0) is 16.6. The van der Waals surface area contributed by atoms with E-state index in [1.165, 1.54) is 0 Å². The van der Waals surface area contributed by atoms with Crippen LogP contribution in [0.3, 0.4) is 0 Å². The van der Waals surface area contributed by atoms with Crippen molar-refractivity contribution in [1.29, 1.82) is 0 Å². The first kappa shape index (κ1) is 17.9. The van der Waals surface area contributed by atoms with Crippen LogP contribution in [-0.4, -0.2) is 31.4 Å². The van der Waals surface area contributed by atoms with E-state index in [9.17, 15) is 9.59 Å². The van der Waals surface area contributed by atoms with E-state index in [2.05, 4.69) is 14.8 Å². The van der Waals surface area contributed by atoms with Gasteiger partial charge in [0, 0.05) is 13.5 Å². The molecule has 0 aliphatic carbocycles. The van der Waals surface area contributed by atoms with Gasteiger partial charge in [0.2, 0.25) is 0 Å². The van der Waals surface area contributed by atoms with E-state index < -0.39 is 17.7 Å². The molecule has 0 bridgehead atoms. The van der Waals surface area contributed by atoms with Crippen LogP contribution in [0, 0.1) is 6.92 Å². The molecule has 1 rings (SSSR count). The van der Waals surface area contributed by atoms with Crippen LogP contribution in [0.15, 0.2) is 24.3 Å². The summed E-state index contributed by atoms with van der Waals surface area (Å²) in [4.78, 5) is 31.3. The fourth-order valence-electron chi connectivity index (χ4n) is 1.40. The van der Waals surface area contributed by atoms with Crippen molar-refractivity contribution in [3.63, 3.8) is 0 Å². The van der Waals surface area contributed by atoms with Crippen LogP contribution < -0.4 is 0 Å². The predicted octanol–water partition coefficient (Wildman–Crippen LogP) is 2.97. The maximum atomic E-state index is 11.6. The van der Waals surface area contributed by atoms with Gasteiger partial charge in [-0.15, -0.1) is 0 Å². The third kappa shape index (κ3) is 6.55. The molecule has 0 atom stereocenters. The Morgan fingerprint density at radius 2 is 1.91 bits per heavy atom. The zero-order valence-corrected chi connectivity index (χ0v) is 13.1. The SMILES string of the molecule is COC(C)(C)CCOC(=O)OOOC(=O)c1cccc(C)c1. The monoisotopic (exact) mass is 312 g/mol. The molecule has 0 fully saturated rings. The van der Waals surface area contributed by atoms with Gasteiger partial charge in [0.15, 0.2) is 0 Å². The minimum absolute atomic E-state index is 0.0782. The number of carbonyl (C=O) groups excluding carboxylic acids is 2. The van der Waals surface area contributed by atoms with Gasteiger partial charge in [-0.2, -0.15) is 0 Å². The van der Waals surface area contributed by atoms with E-state index in [4.69, 9.17) is 9.47 Å². The van der Waals surface area contributed by atoms with Gasteiger partial charge < -0.3 is 9.47 Å². The summed E-state index contributed by atoms with van der Waals surface area (Å²) in [7, 11) is 1.56. The number of hydrogen-bond donors (Lipinski definition) is 0. The van der Waals surface area contributed by atoms with Crippen molar-refractivity contribution in [3.05, 3.63) is 35.4 Å². The maximum Gasteiger partial charge on any atom is 0.543 e. The standard InChI is InChI=1S/C15H20O7/c1-11-6-5-7-12(10-11)13(16)20-22-21-14(17)19-9-8-15(2,3)18-4/h5-7,10H,8-9H2,1-4H3. The third-order valence-corrected chi connectivity index (χ3v) is 2.94. The van der Waals surface area contributed by atoms with Crippen LogP contribution in [0.2, 0.25) is 0 Å². The van der Waals surface area contributed by atoms with Crippen molar-refractivity contribution >= 4 is 12.1 Å². The summed E-state index contributed by atoms with van der Waals surface area (Å²) in [5.41, 5.74) is 0.744. The van der Waals surface area contributed by atoms with Gasteiger partial charge in [-0.3, -0.25) is 4.89 Å². The van der Waals surface area contributed by atoms with Crippen molar-refractivity contribution in [2.24, 2.45) is 0 Å². The molecule has 0 spiro atoms. The Hall–Kier alpha value is -2.12. The highest BCUT2D eigenvalue weighted by Crippen LogP contribution is 2.12. The van der Waals surface area contributed by atoms with Gasteiger partial charge >= 0.3 is 12.1 Å². The molecule has 1 aromatic rings. The smallest absolute Gasteiger partial charge is 0.432 e. The van der Waals surface area contributed by atoms with Crippen molar-refractivity contribution < 1.29 is 33.9 Å². The lowest BCUT2D eigenvalue weighted by Crippen LogP contribution is -2.25. The highest BCUT2D eigenvalue weighted by atomic mass is 17.5. The quantitative estimate of drug-likeness (QED) is 0.435. The zero-order valence-electron chi connectivity index (χ0n) is 13.1. The molecule has 0 aliphatic rings. The Morgan fingerprint density at radius 3 is 2.55 bits per heavy atom. The highest BCUT2D eigenvalue weighted by molar-refractivity contribution is 5.89. The minimum Gasteiger partial charge on any atom is -0.432 e. The van der Waals surface area contributed by atoms with E-state index in [0.717, 1.165) is 5.56 Å². The van der Waals surface area contributed by atoms with Gasteiger partial charge in [-0.25, -0.2) is 14.5 Å². The summed E-state index contributed by atoms with van der Waals surface area (Å²) in [6, 6.07) is 6.67. The van der Waals surface area contributed by atoms with Gasteiger partial charge in [-0.05, 0) is 32.9 Å². The van der Waals surface area contributed by atoms with E-state index in [1.807, 2.05) is 26.8 Å².